The molecule has 6 nitrogen and oxygen atoms in total. The van der Waals surface area contributed by atoms with Gasteiger partial charge in [-0.2, -0.15) is 0 Å². The van der Waals surface area contributed by atoms with E-state index in [0.717, 1.165) is 49.9 Å². The second kappa shape index (κ2) is 14.7. The monoisotopic (exact) mass is 354 g/mol. The summed E-state index contributed by atoms with van der Waals surface area (Å²) >= 11 is 0. The molecular weight excluding hydrogens is 324 g/mol. The highest BCUT2D eigenvalue weighted by molar-refractivity contribution is 5.19. The van der Waals surface area contributed by atoms with Crippen LogP contribution in [0.5, 0.6) is 5.75 Å². The van der Waals surface area contributed by atoms with E-state index in [-0.39, 0.29) is 0 Å². The van der Waals surface area contributed by atoms with Crippen molar-refractivity contribution in [2.75, 3.05) is 0 Å². The van der Waals surface area contributed by atoms with Crippen LogP contribution in [0.25, 0.3) is 0 Å². The van der Waals surface area contributed by atoms with E-state index in [9.17, 15) is 0 Å². The summed E-state index contributed by atoms with van der Waals surface area (Å²) in [4.78, 5) is 10.0. The number of rotatable bonds is 15. The molecule has 0 aliphatic rings. The van der Waals surface area contributed by atoms with Crippen molar-refractivity contribution in [1.29, 1.82) is 0 Å². The van der Waals surface area contributed by atoms with Gasteiger partial charge in [-0.3, -0.25) is 0 Å². The Labute approximate surface area is 150 Å². The molecular formula is C19H30O6. The largest absolute Gasteiger partial charge is 0.311 e. The molecule has 25 heavy (non-hydrogen) atoms. The standard InChI is InChI=1S/C19H30O6/c1-4-6-9-13-17(3)19(16-10-7-5-2)21-23-25-24-22-20-18-14-11-8-12-15-18/h8,11-12,14-15H,4-7,9-10,13,16H2,1-3H3. The van der Waals surface area contributed by atoms with Crippen molar-refractivity contribution < 1.29 is 29.9 Å². The summed E-state index contributed by atoms with van der Waals surface area (Å²) in [5.41, 5.74) is 1.16. The molecule has 1 aromatic carbocycles. The highest BCUT2D eigenvalue weighted by Gasteiger charge is 2.07. The predicted molar refractivity (Wildman–Crippen MR) is 93.5 cm³/mol. The van der Waals surface area contributed by atoms with Gasteiger partial charge in [-0.05, 0) is 43.9 Å². The number of para-hydroxylation sites is 1. The van der Waals surface area contributed by atoms with Crippen LogP contribution < -0.4 is 4.89 Å². The molecule has 1 rings (SSSR count). The molecule has 0 aromatic heterocycles. The third-order valence-electron chi connectivity index (χ3n) is 3.73. The van der Waals surface area contributed by atoms with Crippen LogP contribution in [0, 0.1) is 0 Å². The van der Waals surface area contributed by atoms with E-state index in [1.807, 2.05) is 6.07 Å². The lowest BCUT2D eigenvalue weighted by atomic mass is 10.0. The first kappa shape index (κ1) is 21.4. The van der Waals surface area contributed by atoms with Gasteiger partial charge in [0.25, 0.3) is 0 Å². The van der Waals surface area contributed by atoms with E-state index >= 15 is 0 Å². The SMILES string of the molecule is CCCCCC(C)=C(CCCCC)OOOOOOc1ccccc1. The van der Waals surface area contributed by atoms with Crippen LogP contribution in [0.2, 0.25) is 0 Å². The lowest BCUT2D eigenvalue weighted by molar-refractivity contribution is -0.741. The van der Waals surface area contributed by atoms with Crippen molar-refractivity contribution >= 4 is 0 Å². The Morgan fingerprint density at radius 2 is 1.40 bits per heavy atom. The Hall–Kier alpha value is -1.60. The maximum Gasteiger partial charge on any atom is 0.168 e. The summed E-state index contributed by atoms with van der Waals surface area (Å²) in [5.74, 6) is 1.25. The van der Waals surface area contributed by atoms with Gasteiger partial charge < -0.3 is 9.78 Å². The molecule has 0 atom stereocenters. The fourth-order valence-corrected chi connectivity index (χ4v) is 2.25. The van der Waals surface area contributed by atoms with E-state index in [4.69, 9.17) is 9.78 Å². The minimum absolute atomic E-state index is 0.471. The zero-order chi connectivity index (χ0) is 18.2. The molecule has 0 aliphatic heterocycles. The van der Waals surface area contributed by atoms with Crippen LogP contribution in [0.1, 0.15) is 72.1 Å². The van der Waals surface area contributed by atoms with Gasteiger partial charge >= 0.3 is 0 Å². The van der Waals surface area contributed by atoms with E-state index in [1.54, 1.807) is 24.3 Å². The topological polar surface area (TPSA) is 55.4 Å². The van der Waals surface area contributed by atoms with E-state index < -0.39 is 0 Å². The first-order valence-electron chi connectivity index (χ1n) is 9.02. The number of hydrogen-bond acceptors (Lipinski definition) is 6. The molecule has 0 amide bonds. The molecule has 0 aliphatic carbocycles. The zero-order valence-electron chi connectivity index (χ0n) is 15.5. The molecule has 0 N–H and O–H groups in total. The third-order valence-corrected chi connectivity index (χ3v) is 3.73. The first-order chi connectivity index (χ1) is 12.3. The molecule has 0 saturated heterocycles. The molecule has 0 radical (unpaired) electrons. The quantitative estimate of drug-likeness (QED) is 0.163. The minimum atomic E-state index is 0.471. The average Bonchev–Trinajstić information content (AvgIpc) is 2.64. The Morgan fingerprint density at radius 3 is 2.08 bits per heavy atom. The van der Waals surface area contributed by atoms with Crippen molar-refractivity contribution in [2.45, 2.75) is 72.1 Å². The van der Waals surface area contributed by atoms with Crippen molar-refractivity contribution in [1.82, 2.24) is 0 Å². The zero-order valence-corrected chi connectivity index (χ0v) is 15.5. The van der Waals surface area contributed by atoms with E-state index in [0.29, 0.717) is 5.75 Å². The average molecular weight is 354 g/mol. The molecule has 0 spiro atoms. The predicted octanol–water partition coefficient (Wildman–Crippen LogP) is 6.16. The van der Waals surface area contributed by atoms with Gasteiger partial charge in [0, 0.05) is 26.6 Å². The van der Waals surface area contributed by atoms with Gasteiger partial charge in [-0.1, -0.05) is 57.7 Å². The summed E-state index contributed by atoms with van der Waals surface area (Å²) in [6.45, 7) is 6.40. The molecule has 6 heteroatoms. The van der Waals surface area contributed by atoms with E-state index in [2.05, 4.69) is 40.9 Å². The molecule has 0 heterocycles. The van der Waals surface area contributed by atoms with Gasteiger partial charge in [0.15, 0.2) is 5.75 Å². The Morgan fingerprint density at radius 1 is 0.760 bits per heavy atom. The lowest BCUT2D eigenvalue weighted by Crippen LogP contribution is -2.04. The maximum absolute atomic E-state index is 5.23. The summed E-state index contributed by atoms with van der Waals surface area (Å²) in [6.07, 6.45) is 8.62. The number of hydrogen-bond donors (Lipinski definition) is 0. The van der Waals surface area contributed by atoms with Gasteiger partial charge in [-0.15, -0.1) is 0 Å². The van der Waals surface area contributed by atoms with Crippen molar-refractivity contribution in [3.05, 3.63) is 41.7 Å². The highest BCUT2D eigenvalue weighted by Crippen LogP contribution is 2.20. The van der Waals surface area contributed by atoms with Crippen LogP contribution >= 0.6 is 0 Å². The van der Waals surface area contributed by atoms with Crippen LogP contribution in [0.4, 0.5) is 0 Å². The third kappa shape index (κ3) is 10.8. The smallest absolute Gasteiger partial charge is 0.168 e. The van der Waals surface area contributed by atoms with Crippen LogP contribution in [-0.2, 0) is 25.0 Å². The maximum atomic E-state index is 5.23. The summed E-state index contributed by atoms with van der Waals surface area (Å²) in [7, 11) is 0. The molecule has 0 fully saturated rings. The van der Waals surface area contributed by atoms with Gasteiger partial charge in [0.1, 0.15) is 5.76 Å². The summed E-state index contributed by atoms with van der Waals surface area (Å²) in [5, 5.41) is 17.7. The second-order valence-corrected chi connectivity index (χ2v) is 5.87. The number of unbranched alkanes of at least 4 members (excludes halogenated alkanes) is 4. The molecule has 0 unspecified atom stereocenters. The second-order valence-electron chi connectivity index (χ2n) is 5.87. The molecule has 0 bridgehead atoms. The van der Waals surface area contributed by atoms with E-state index in [1.165, 1.54) is 12.8 Å². The van der Waals surface area contributed by atoms with Crippen molar-refractivity contribution in [3.8, 4) is 5.75 Å². The van der Waals surface area contributed by atoms with Crippen LogP contribution in [0.15, 0.2) is 41.7 Å². The van der Waals surface area contributed by atoms with Crippen molar-refractivity contribution in [3.63, 3.8) is 0 Å². The van der Waals surface area contributed by atoms with Crippen LogP contribution in [-0.4, -0.2) is 0 Å². The fourth-order valence-electron chi connectivity index (χ4n) is 2.25. The first-order valence-corrected chi connectivity index (χ1v) is 9.02. The van der Waals surface area contributed by atoms with Gasteiger partial charge in [0.05, 0.1) is 0 Å². The molecule has 0 saturated carbocycles. The summed E-state index contributed by atoms with van der Waals surface area (Å²) < 4.78 is 0. The summed E-state index contributed by atoms with van der Waals surface area (Å²) in [6, 6.07) is 8.86. The van der Waals surface area contributed by atoms with Crippen LogP contribution in [0.3, 0.4) is 0 Å². The van der Waals surface area contributed by atoms with Gasteiger partial charge in [0.2, 0.25) is 0 Å². The highest BCUT2D eigenvalue weighted by atomic mass is 17.8. The normalized spacial score (nSPS) is 12.0. The fraction of sp³-hybridized carbons (Fsp3) is 0.579. The minimum Gasteiger partial charge on any atom is -0.311 e. The molecule has 142 valence electrons. The Balaban J connectivity index is 2.27. The molecule has 1 aromatic rings. The lowest BCUT2D eigenvalue weighted by Gasteiger charge is -2.11. The van der Waals surface area contributed by atoms with Gasteiger partial charge in [-0.25, -0.2) is 0 Å². The number of benzene rings is 1. The van der Waals surface area contributed by atoms with Crippen molar-refractivity contribution in [2.24, 2.45) is 0 Å². The Bertz CT molecular complexity index is 460. The Kier molecular flexibility index (Phi) is 12.6. The number of allylic oxidation sites excluding steroid dienone is 2.